The van der Waals surface area contributed by atoms with Crippen molar-refractivity contribution in [1.29, 1.82) is 0 Å². The van der Waals surface area contributed by atoms with Crippen LogP contribution < -0.4 is 5.32 Å². The van der Waals surface area contributed by atoms with Crippen molar-refractivity contribution in [3.63, 3.8) is 0 Å². The topological polar surface area (TPSA) is 38.3 Å². The fourth-order valence-corrected chi connectivity index (χ4v) is 2.72. The van der Waals surface area contributed by atoms with Crippen molar-refractivity contribution < 1.29 is 13.9 Å². The molecule has 1 aromatic carbocycles. The lowest BCUT2D eigenvalue weighted by Crippen LogP contribution is -2.40. The van der Waals surface area contributed by atoms with Crippen LogP contribution in [0.3, 0.4) is 0 Å². The van der Waals surface area contributed by atoms with Crippen LogP contribution >= 0.6 is 0 Å². The van der Waals surface area contributed by atoms with Crippen LogP contribution in [0.2, 0.25) is 0 Å². The quantitative estimate of drug-likeness (QED) is 0.833. The van der Waals surface area contributed by atoms with Crippen molar-refractivity contribution in [2.45, 2.75) is 31.7 Å². The molecule has 1 aliphatic rings. The molecule has 0 aromatic heterocycles. The van der Waals surface area contributed by atoms with Crippen LogP contribution in [0, 0.1) is 5.82 Å². The van der Waals surface area contributed by atoms with E-state index in [0.29, 0.717) is 13.0 Å². The Morgan fingerprint density at radius 2 is 2.33 bits per heavy atom. The molecule has 0 spiro atoms. The van der Waals surface area contributed by atoms with E-state index in [1.807, 2.05) is 6.07 Å². The number of hydrogen-bond acceptors (Lipinski definition) is 3. The molecule has 3 nitrogen and oxygen atoms in total. The van der Waals surface area contributed by atoms with Gasteiger partial charge in [0.05, 0.1) is 18.6 Å². The largest absolute Gasteiger partial charge is 0.466 e. The molecule has 0 bridgehead atoms. The van der Waals surface area contributed by atoms with E-state index in [4.69, 9.17) is 4.74 Å². The van der Waals surface area contributed by atoms with Crippen molar-refractivity contribution in [1.82, 2.24) is 5.32 Å². The normalized spacial score (nSPS) is 21.7. The van der Waals surface area contributed by atoms with E-state index < -0.39 is 5.54 Å². The first-order valence-electron chi connectivity index (χ1n) is 6.25. The highest BCUT2D eigenvalue weighted by molar-refractivity contribution is 5.72. The molecular weight excluding hydrogens is 233 g/mol. The lowest BCUT2D eigenvalue weighted by molar-refractivity contribution is -0.145. The van der Waals surface area contributed by atoms with Crippen molar-refractivity contribution >= 4 is 5.97 Å². The molecule has 1 unspecified atom stereocenters. The van der Waals surface area contributed by atoms with Gasteiger partial charge in [-0.15, -0.1) is 0 Å². The van der Waals surface area contributed by atoms with Gasteiger partial charge in [-0.2, -0.15) is 0 Å². The van der Waals surface area contributed by atoms with Crippen LogP contribution in [-0.2, 0) is 21.5 Å². The summed E-state index contributed by atoms with van der Waals surface area (Å²) in [7, 11) is 1.80. The van der Waals surface area contributed by atoms with Crippen molar-refractivity contribution in [3.8, 4) is 0 Å². The van der Waals surface area contributed by atoms with Crippen molar-refractivity contribution in [2.24, 2.45) is 0 Å². The minimum atomic E-state index is -0.482. The minimum Gasteiger partial charge on any atom is -0.466 e. The zero-order valence-electron chi connectivity index (χ0n) is 10.8. The van der Waals surface area contributed by atoms with Crippen LogP contribution in [0.1, 0.15) is 30.9 Å². The molecule has 2 rings (SSSR count). The van der Waals surface area contributed by atoms with Gasteiger partial charge in [-0.3, -0.25) is 4.79 Å². The standard InChI is InChI=1S/C14H18FNO2/c1-3-18-13(17)9-14(16-2)8-7-10-11(14)5-4-6-12(10)15/h4-6,16H,3,7-9H2,1-2H3. The number of fused-ring (bicyclic) bond motifs is 1. The zero-order valence-corrected chi connectivity index (χ0v) is 10.8. The van der Waals surface area contributed by atoms with Crippen molar-refractivity contribution in [2.75, 3.05) is 13.7 Å². The number of benzene rings is 1. The summed E-state index contributed by atoms with van der Waals surface area (Å²) in [6.45, 7) is 2.15. The first kappa shape index (κ1) is 13.0. The second kappa shape index (κ2) is 5.06. The molecule has 1 aliphatic carbocycles. The number of carbonyl (C=O) groups is 1. The second-order valence-corrected chi connectivity index (χ2v) is 4.58. The smallest absolute Gasteiger partial charge is 0.308 e. The Morgan fingerprint density at radius 3 is 3.00 bits per heavy atom. The maximum Gasteiger partial charge on any atom is 0.308 e. The maximum atomic E-state index is 13.7. The molecule has 1 aromatic rings. The average Bonchev–Trinajstić information content (AvgIpc) is 2.71. The highest BCUT2D eigenvalue weighted by atomic mass is 19.1. The van der Waals surface area contributed by atoms with E-state index in [-0.39, 0.29) is 18.2 Å². The number of ether oxygens (including phenoxy) is 1. The summed E-state index contributed by atoms with van der Waals surface area (Å²) in [6.07, 6.45) is 1.62. The molecule has 4 heteroatoms. The molecule has 0 aliphatic heterocycles. The maximum absolute atomic E-state index is 13.7. The molecule has 0 fully saturated rings. The number of esters is 1. The zero-order chi connectivity index (χ0) is 13.2. The van der Waals surface area contributed by atoms with E-state index in [0.717, 1.165) is 17.5 Å². The summed E-state index contributed by atoms with van der Waals surface area (Å²) in [5, 5.41) is 3.18. The number of rotatable bonds is 4. The van der Waals surface area contributed by atoms with Crippen LogP contribution in [0.25, 0.3) is 0 Å². The lowest BCUT2D eigenvalue weighted by atomic mass is 9.88. The Labute approximate surface area is 106 Å². The van der Waals surface area contributed by atoms with Crippen LogP contribution in [0.5, 0.6) is 0 Å². The van der Waals surface area contributed by atoms with E-state index in [1.165, 1.54) is 6.07 Å². The molecule has 0 heterocycles. The van der Waals surface area contributed by atoms with E-state index >= 15 is 0 Å². The summed E-state index contributed by atoms with van der Waals surface area (Å²) >= 11 is 0. The first-order valence-corrected chi connectivity index (χ1v) is 6.25. The number of halogens is 1. The molecule has 1 atom stereocenters. The Hall–Kier alpha value is -1.42. The lowest BCUT2D eigenvalue weighted by Gasteiger charge is -2.29. The fraction of sp³-hybridized carbons (Fsp3) is 0.500. The average molecular weight is 251 g/mol. The van der Waals surface area contributed by atoms with Gasteiger partial charge < -0.3 is 10.1 Å². The van der Waals surface area contributed by atoms with Gasteiger partial charge in [-0.25, -0.2) is 4.39 Å². The molecule has 0 radical (unpaired) electrons. The molecule has 18 heavy (non-hydrogen) atoms. The van der Waals surface area contributed by atoms with Gasteiger partial charge in [0, 0.05) is 0 Å². The minimum absolute atomic E-state index is 0.187. The van der Waals surface area contributed by atoms with Crippen LogP contribution in [0.15, 0.2) is 18.2 Å². The van der Waals surface area contributed by atoms with Crippen LogP contribution in [0.4, 0.5) is 4.39 Å². The van der Waals surface area contributed by atoms with Gasteiger partial charge in [0.2, 0.25) is 0 Å². The second-order valence-electron chi connectivity index (χ2n) is 4.58. The fourth-order valence-electron chi connectivity index (χ4n) is 2.72. The Bertz CT molecular complexity index is 461. The van der Waals surface area contributed by atoms with Crippen LogP contribution in [-0.4, -0.2) is 19.6 Å². The van der Waals surface area contributed by atoms with E-state index in [1.54, 1.807) is 20.0 Å². The molecule has 1 N–H and O–H groups in total. The summed E-state index contributed by atoms with van der Waals surface area (Å²) in [5.41, 5.74) is 1.12. The third-order valence-electron chi connectivity index (χ3n) is 3.67. The number of nitrogens with one attached hydrogen (secondary N) is 1. The SMILES string of the molecule is CCOC(=O)CC1(NC)CCc2c(F)cccc21. The summed E-state index contributed by atoms with van der Waals surface area (Å²) in [4.78, 5) is 11.7. The van der Waals surface area contributed by atoms with Gasteiger partial charge in [0.15, 0.2) is 0 Å². The highest BCUT2D eigenvalue weighted by Gasteiger charge is 2.40. The number of carbonyl (C=O) groups excluding carboxylic acids is 1. The number of hydrogen-bond donors (Lipinski definition) is 1. The molecule has 98 valence electrons. The summed E-state index contributed by atoms with van der Waals surface area (Å²) in [6, 6.07) is 5.05. The predicted molar refractivity (Wildman–Crippen MR) is 66.7 cm³/mol. The van der Waals surface area contributed by atoms with Gasteiger partial charge in [0.1, 0.15) is 5.82 Å². The molecule has 0 saturated heterocycles. The highest BCUT2D eigenvalue weighted by Crippen LogP contribution is 2.40. The van der Waals surface area contributed by atoms with Gasteiger partial charge in [-0.05, 0) is 44.0 Å². The molecular formula is C14H18FNO2. The Morgan fingerprint density at radius 1 is 1.56 bits per heavy atom. The Kier molecular flexibility index (Phi) is 3.66. The third-order valence-corrected chi connectivity index (χ3v) is 3.67. The first-order chi connectivity index (χ1) is 8.63. The summed E-state index contributed by atoms with van der Waals surface area (Å²) in [5.74, 6) is -0.433. The summed E-state index contributed by atoms with van der Waals surface area (Å²) < 4.78 is 18.7. The van der Waals surface area contributed by atoms with Gasteiger partial charge in [-0.1, -0.05) is 12.1 Å². The van der Waals surface area contributed by atoms with Crippen molar-refractivity contribution in [3.05, 3.63) is 35.1 Å². The third kappa shape index (κ3) is 2.12. The van der Waals surface area contributed by atoms with Gasteiger partial charge >= 0.3 is 5.97 Å². The van der Waals surface area contributed by atoms with E-state index in [2.05, 4.69) is 5.32 Å². The monoisotopic (exact) mass is 251 g/mol. The predicted octanol–water partition coefficient (Wildman–Crippen LogP) is 2.14. The van der Waals surface area contributed by atoms with Gasteiger partial charge in [0.25, 0.3) is 0 Å². The Balaban J connectivity index is 2.32. The molecule has 0 amide bonds. The molecule has 0 saturated carbocycles. The van der Waals surface area contributed by atoms with E-state index in [9.17, 15) is 9.18 Å².